The van der Waals surface area contributed by atoms with Crippen LogP contribution in [0, 0.1) is 0 Å². The number of carbonyl (C=O) groups is 2. The van der Waals surface area contributed by atoms with Crippen molar-refractivity contribution in [3.63, 3.8) is 0 Å². The number of hydrogen-bond acceptors (Lipinski definition) is 5. The van der Waals surface area contributed by atoms with Gasteiger partial charge in [0, 0.05) is 24.6 Å². The van der Waals surface area contributed by atoms with Crippen molar-refractivity contribution in [2.24, 2.45) is 0 Å². The van der Waals surface area contributed by atoms with Crippen molar-refractivity contribution in [2.45, 2.75) is 69.3 Å². The standard InChI is InChI=1S/C24H31Cl3N4O4/c1-22(2,3)18-12-19(28-20(32)34-14-24(25,26)27)31(29-18)17-8-7-15-9-10-30(13-16(15)11-17)21(33)35-23(4,5)6/h7-8,11-12H,9-10,13-14H2,1-6H3,(H,28,32). The molecule has 1 aromatic carbocycles. The molecular formula is C24H31Cl3N4O4. The normalized spacial score (nSPS) is 14.4. The minimum absolute atomic E-state index is 0.273. The molecule has 192 valence electrons. The van der Waals surface area contributed by atoms with Gasteiger partial charge in [-0.3, -0.25) is 5.32 Å². The largest absolute Gasteiger partial charge is 0.445 e. The summed E-state index contributed by atoms with van der Waals surface area (Å²) in [4.78, 5) is 26.6. The molecule has 0 aliphatic carbocycles. The van der Waals surface area contributed by atoms with Crippen molar-refractivity contribution in [3.8, 4) is 5.69 Å². The Morgan fingerprint density at radius 2 is 1.74 bits per heavy atom. The summed E-state index contributed by atoms with van der Waals surface area (Å²) in [6.07, 6.45) is -0.399. The number of hydrogen-bond donors (Lipinski definition) is 1. The molecule has 2 heterocycles. The van der Waals surface area contributed by atoms with Crippen LogP contribution in [0.5, 0.6) is 0 Å². The summed E-state index contributed by atoms with van der Waals surface area (Å²) in [6.45, 7) is 12.2. The summed E-state index contributed by atoms with van der Waals surface area (Å²) in [5, 5.41) is 7.41. The predicted molar refractivity (Wildman–Crippen MR) is 138 cm³/mol. The molecule has 1 N–H and O–H groups in total. The number of nitrogens with one attached hydrogen (secondary N) is 1. The van der Waals surface area contributed by atoms with E-state index in [1.165, 1.54) is 0 Å². The average Bonchev–Trinajstić information content (AvgIpc) is 3.14. The number of nitrogens with zero attached hydrogens (tertiary/aromatic N) is 3. The summed E-state index contributed by atoms with van der Waals surface area (Å²) in [5.74, 6) is 0.406. The molecular weight excluding hydrogens is 515 g/mol. The third-order valence-corrected chi connectivity index (χ3v) is 5.50. The van der Waals surface area contributed by atoms with Crippen LogP contribution >= 0.6 is 34.8 Å². The summed E-state index contributed by atoms with van der Waals surface area (Å²) in [5.41, 5.74) is 2.78. The van der Waals surface area contributed by atoms with Crippen LogP contribution in [0.4, 0.5) is 15.4 Å². The van der Waals surface area contributed by atoms with Crippen LogP contribution in [0.15, 0.2) is 24.3 Å². The van der Waals surface area contributed by atoms with Crippen LogP contribution in [0.1, 0.15) is 58.4 Å². The number of fused-ring (bicyclic) bond motifs is 1. The van der Waals surface area contributed by atoms with Crippen molar-refractivity contribution < 1.29 is 19.1 Å². The maximum Gasteiger partial charge on any atom is 0.412 e. The van der Waals surface area contributed by atoms with E-state index in [9.17, 15) is 9.59 Å². The summed E-state index contributed by atoms with van der Waals surface area (Å²) < 4.78 is 10.5. The fourth-order valence-electron chi connectivity index (χ4n) is 3.48. The van der Waals surface area contributed by atoms with Crippen LogP contribution in [-0.4, -0.2) is 49.4 Å². The van der Waals surface area contributed by atoms with Gasteiger partial charge < -0.3 is 14.4 Å². The lowest BCUT2D eigenvalue weighted by atomic mass is 9.92. The SMILES string of the molecule is CC(C)(C)OC(=O)N1CCc2ccc(-n3nc(C(C)(C)C)cc3NC(=O)OCC(Cl)(Cl)Cl)cc2C1. The Kier molecular flexibility index (Phi) is 7.89. The van der Waals surface area contributed by atoms with Gasteiger partial charge in [0.2, 0.25) is 3.79 Å². The van der Waals surface area contributed by atoms with Gasteiger partial charge >= 0.3 is 12.2 Å². The van der Waals surface area contributed by atoms with Crippen molar-refractivity contribution in [2.75, 3.05) is 18.5 Å². The van der Waals surface area contributed by atoms with Crippen LogP contribution in [0.2, 0.25) is 0 Å². The molecule has 1 aliphatic rings. The zero-order chi connectivity index (χ0) is 26.2. The van der Waals surface area contributed by atoms with E-state index in [1.807, 2.05) is 59.7 Å². The lowest BCUT2D eigenvalue weighted by Crippen LogP contribution is -2.39. The zero-order valence-electron chi connectivity index (χ0n) is 20.7. The van der Waals surface area contributed by atoms with Gasteiger partial charge in [-0.05, 0) is 50.5 Å². The Balaban J connectivity index is 1.89. The second-order valence-electron chi connectivity index (χ2n) is 10.5. The van der Waals surface area contributed by atoms with E-state index in [0.717, 1.165) is 28.9 Å². The fraction of sp³-hybridized carbons (Fsp3) is 0.542. The molecule has 1 aromatic heterocycles. The molecule has 0 unspecified atom stereocenters. The molecule has 11 heteroatoms. The summed E-state index contributed by atoms with van der Waals surface area (Å²) >= 11 is 17.0. The molecule has 0 spiro atoms. The van der Waals surface area contributed by atoms with Gasteiger partial charge in [-0.2, -0.15) is 5.10 Å². The highest BCUT2D eigenvalue weighted by atomic mass is 35.6. The van der Waals surface area contributed by atoms with Crippen molar-refractivity contribution in [3.05, 3.63) is 41.1 Å². The van der Waals surface area contributed by atoms with E-state index in [0.29, 0.717) is 18.9 Å². The quantitative estimate of drug-likeness (QED) is 0.452. The van der Waals surface area contributed by atoms with Crippen molar-refractivity contribution in [1.29, 1.82) is 0 Å². The van der Waals surface area contributed by atoms with Gasteiger partial charge in [-0.1, -0.05) is 61.6 Å². The molecule has 35 heavy (non-hydrogen) atoms. The molecule has 8 nitrogen and oxygen atoms in total. The Bertz CT molecular complexity index is 1100. The first kappa shape index (κ1) is 27.4. The Morgan fingerprint density at radius 3 is 2.34 bits per heavy atom. The number of ether oxygens (including phenoxy) is 2. The molecule has 2 aromatic rings. The maximum atomic E-state index is 12.6. The zero-order valence-corrected chi connectivity index (χ0v) is 23.0. The summed E-state index contributed by atoms with van der Waals surface area (Å²) in [7, 11) is 0. The van der Waals surface area contributed by atoms with E-state index in [1.54, 1.807) is 15.6 Å². The minimum atomic E-state index is -1.72. The van der Waals surface area contributed by atoms with Gasteiger partial charge in [0.15, 0.2) is 0 Å². The van der Waals surface area contributed by atoms with Crippen molar-refractivity contribution >= 4 is 52.8 Å². The number of rotatable bonds is 3. The topological polar surface area (TPSA) is 85.7 Å². The first-order valence-corrected chi connectivity index (χ1v) is 12.4. The van der Waals surface area contributed by atoms with Crippen LogP contribution < -0.4 is 5.32 Å². The third-order valence-electron chi connectivity index (χ3n) is 5.17. The molecule has 0 atom stereocenters. The molecule has 2 amide bonds. The van der Waals surface area contributed by atoms with Crippen LogP contribution in [0.25, 0.3) is 5.69 Å². The van der Waals surface area contributed by atoms with Crippen LogP contribution in [-0.2, 0) is 27.9 Å². The Morgan fingerprint density at radius 1 is 1.06 bits per heavy atom. The molecule has 0 bridgehead atoms. The molecule has 0 saturated heterocycles. The number of amides is 2. The molecule has 3 rings (SSSR count). The maximum absolute atomic E-state index is 12.6. The molecule has 0 fully saturated rings. The highest BCUT2D eigenvalue weighted by Gasteiger charge is 2.28. The number of halogens is 3. The molecule has 0 saturated carbocycles. The van der Waals surface area contributed by atoms with E-state index in [-0.39, 0.29) is 11.5 Å². The molecule has 0 radical (unpaired) electrons. The van der Waals surface area contributed by atoms with Gasteiger partial charge in [0.25, 0.3) is 0 Å². The van der Waals surface area contributed by atoms with Gasteiger partial charge in [-0.15, -0.1) is 0 Å². The first-order chi connectivity index (χ1) is 16.0. The molecule has 1 aliphatic heterocycles. The van der Waals surface area contributed by atoms with Crippen LogP contribution in [0.3, 0.4) is 0 Å². The fourth-order valence-corrected chi connectivity index (χ4v) is 3.64. The second kappa shape index (κ2) is 10.1. The van der Waals surface area contributed by atoms with E-state index < -0.39 is 22.1 Å². The highest BCUT2D eigenvalue weighted by Crippen LogP contribution is 2.30. The van der Waals surface area contributed by atoms with Gasteiger partial charge in [0.1, 0.15) is 18.0 Å². The summed E-state index contributed by atoms with van der Waals surface area (Å²) in [6, 6.07) is 7.69. The first-order valence-electron chi connectivity index (χ1n) is 11.2. The van der Waals surface area contributed by atoms with Crippen molar-refractivity contribution in [1.82, 2.24) is 14.7 Å². The third kappa shape index (κ3) is 7.66. The predicted octanol–water partition coefficient (Wildman–Crippen LogP) is 6.38. The minimum Gasteiger partial charge on any atom is -0.445 e. The number of alkyl halides is 3. The number of aromatic nitrogens is 2. The number of benzene rings is 1. The van der Waals surface area contributed by atoms with Gasteiger partial charge in [-0.25, -0.2) is 14.3 Å². The van der Waals surface area contributed by atoms with E-state index in [2.05, 4.69) is 5.32 Å². The highest BCUT2D eigenvalue weighted by molar-refractivity contribution is 6.67. The van der Waals surface area contributed by atoms with E-state index in [4.69, 9.17) is 49.4 Å². The Hall–Kier alpha value is -2.16. The Labute approximate surface area is 220 Å². The number of carbonyl (C=O) groups excluding carboxylic acids is 2. The monoisotopic (exact) mass is 544 g/mol. The lowest BCUT2D eigenvalue weighted by Gasteiger charge is -2.31. The average molecular weight is 546 g/mol. The van der Waals surface area contributed by atoms with Gasteiger partial charge in [0.05, 0.1) is 11.4 Å². The van der Waals surface area contributed by atoms with E-state index >= 15 is 0 Å². The second-order valence-corrected chi connectivity index (χ2v) is 13.0. The smallest absolute Gasteiger partial charge is 0.412 e. The number of anilines is 1. The lowest BCUT2D eigenvalue weighted by molar-refractivity contribution is 0.0224.